The number of benzene rings is 1. The second-order valence-electron chi connectivity index (χ2n) is 7.00. The predicted molar refractivity (Wildman–Crippen MR) is 95.4 cm³/mol. The number of hydrogen-bond donors (Lipinski definition) is 2. The molecule has 0 spiro atoms. The molecule has 4 rings (SSSR count). The SMILES string of the molecule is O=C(N[C@@H]1CCC[C@H](c2c[nH]c3ccc(Cl)cc23)C1)[C@@H]1CCCO1. The van der Waals surface area contributed by atoms with Gasteiger partial charge >= 0.3 is 0 Å². The average molecular weight is 347 g/mol. The van der Waals surface area contributed by atoms with Crippen LogP contribution < -0.4 is 5.32 Å². The van der Waals surface area contributed by atoms with Crippen molar-refractivity contribution in [2.45, 2.75) is 56.6 Å². The van der Waals surface area contributed by atoms with Gasteiger partial charge in [-0.1, -0.05) is 18.0 Å². The van der Waals surface area contributed by atoms with E-state index in [9.17, 15) is 4.79 Å². The number of halogens is 1. The summed E-state index contributed by atoms with van der Waals surface area (Å²) in [7, 11) is 0. The fourth-order valence-corrected chi connectivity index (χ4v) is 4.31. The maximum Gasteiger partial charge on any atom is 0.249 e. The minimum absolute atomic E-state index is 0.0696. The molecule has 0 radical (unpaired) electrons. The molecule has 2 N–H and O–H groups in total. The zero-order valence-corrected chi connectivity index (χ0v) is 14.4. The van der Waals surface area contributed by atoms with E-state index in [-0.39, 0.29) is 18.1 Å². The van der Waals surface area contributed by atoms with E-state index in [4.69, 9.17) is 16.3 Å². The summed E-state index contributed by atoms with van der Waals surface area (Å²) in [6.07, 6.45) is 8.04. The Morgan fingerprint density at radius 2 is 2.17 bits per heavy atom. The third kappa shape index (κ3) is 3.17. The lowest BCUT2D eigenvalue weighted by atomic mass is 9.81. The van der Waals surface area contributed by atoms with Gasteiger partial charge in [0, 0.05) is 34.8 Å². The molecule has 4 nitrogen and oxygen atoms in total. The van der Waals surface area contributed by atoms with Gasteiger partial charge in [-0.2, -0.15) is 0 Å². The zero-order valence-electron chi connectivity index (χ0n) is 13.7. The van der Waals surface area contributed by atoms with Crippen LogP contribution >= 0.6 is 11.6 Å². The van der Waals surface area contributed by atoms with Gasteiger partial charge in [0.05, 0.1) is 0 Å². The minimum atomic E-state index is -0.239. The summed E-state index contributed by atoms with van der Waals surface area (Å²) >= 11 is 6.17. The van der Waals surface area contributed by atoms with Crippen LogP contribution in [0.25, 0.3) is 10.9 Å². The summed E-state index contributed by atoms with van der Waals surface area (Å²) in [6, 6.07) is 6.22. The van der Waals surface area contributed by atoms with Crippen LogP contribution in [-0.2, 0) is 9.53 Å². The standard InChI is InChI=1S/C19H23ClN2O2/c20-13-6-7-17-15(10-13)16(11-21-17)12-3-1-4-14(9-12)22-19(23)18-5-2-8-24-18/h6-7,10-12,14,18,21H,1-5,8-9H2,(H,22,23)/t12-,14+,18-/m0/s1. The molecule has 24 heavy (non-hydrogen) atoms. The Morgan fingerprint density at radius 3 is 3.00 bits per heavy atom. The number of rotatable bonds is 3. The van der Waals surface area contributed by atoms with Crippen LogP contribution in [0.5, 0.6) is 0 Å². The fraction of sp³-hybridized carbons (Fsp3) is 0.526. The maximum atomic E-state index is 12.3. The first kappa shape index (κ1) is 16.0. The summed E-state index contributed by atoms with van der Waals surface area (Å²) in [4.78, 5) is 15.7. The molecule has 5 heteroatoms. The predicted octanol–water partition coefficient (Wildman–Crippen LogP) is 4.14. The van der Waals surface area contributed by atoms with Crippen molar-refractivity contribution in [1.82, 2.24) is 10.3 Å². The van der Waals surface area contributed by atoms with Crippen LogP contribution in [0.1, 0.15) is 50.0 Å². The molecule has 2 aliphatic rings. The topological polar surface area (TPSA) is 54.1 Å². The van der Waals surface area contributed by atoms with Crippen molar-refractivity contribution in [2.24, 2.45) is 0 Å². The number of ether oxygens (including phenoxy) is 1. The molecule has 2 aromatic rings. The van der Waals surface area contributed by atoms with E-state index in [0.717, 1.165) is 49.1 Å². The Morgan fingerprint density at radius 1 is 1.25 bits per heavy atom. The van der Waals surface area contributed by atoms with Crippen molar-refractivity contribution in [3.63, 3.8) is 0 Å². The first-order valence-corrected chi connectivity index (χ1v) is 9.27. The largest absolute Gasteiger partial charge is 0.368 e. The maximum absolute atomic E-state index is 12.3. The van der Waals surface area contributed by atoms with Crippen LogP contribution in [0.2, 0.25) is 5.02 Å². The highest BCUT2D eigenvalue weighted by atomic mass is 35.5. The monoisotopic (exact) mass is 346 g/mol. The lowest BCUT2D eigenvalue weighted by Crippen LogP contribution is -2.43. The fourth-order valence-electron chi connectivity index (χ4n) is 4.13. The smallest absolute Gasteiger partial charge is 0.249 e. The van der Waals surface area contributed by atoms with Gasteiger partial charge in [-0.3, -0.25) is 4.79 Å². The Balaban J connectivity index is 1.47. The van der Waals surface area contributed by atoms with Gasteiger partial charge in [0.25, 0.3) is 0 Å². The van der Waals surface area contributed by atoms with Crippen molar-refractivity contribution in [3.8, 4) is 0 Å². The highest BCUT2D eigenvalue weighted by molar-refractivity contribution is 6.31. The molecule has 1 saturated heterocycles. The summed E-state index contributed by atoms with van der Waals surface area (Å²) in [5.41, 5.74) is 2.45. The quantitative estimate of drug-likeness (QED) is 0.877. The molecular formula is C19H23ClN2O2. The molecule has 0 bridgehead atoms. The van der Waals surface area contributed by atoms with E-state index in [2.05, 4.69) is 16.5 Å². The number of aromatic amines is 1. The molecule has 0 unspecified atom stereocenters. The van der Waals surface area contributed by atoms with E-state index in [1.165, 1.54) is 10.9 Å². The second-order valence-corrected chi connectivity index (χ2v) is 7.44. The van der Waals surface area contributed by atoms with Gasteiger partial charge in [-0.25, -0.2) is 0 Å². The lowest BCUT2D eigenvalue weighted by molar-refractivity contribution is -0.131. The van der Waals surface area contributed by atoms with Crippen molar-refractivity contribution in [1.29, 1.82) is 0 Å². The first-order valence-electron chi connectivity index (χ1n) is 8.89. The summed E-state index contributed by atoms with van der Waals surface area (Å²) in [5.74, 6) is 0.529. The molecule has 2 heterocycles. The zero-order chi connectivity index (χ0) is 16.5. The molecule has 3 atom stereocenters. The number of carbonyl (C=O) groups excluding carboxylic acids is 1. The Bertz CT molecular complexity index is 736. The first-order chi connectivity index (χ1) is 11.7. The van der Waals surface area contributed by atoms with Gasteiger partial charge in [0.1, 0.15) is 6.10 Å². The second kappa shape index (κ2) is 6.77. The Labute approximate surface area is 146 Å². The molecule has 1 aliphatic heterocycles. The number of aromatic nitrogens is 1. The van der Waals surface area contributed by atoms with Gasteiger partial charge in [-0.05, 0) is 61.8 Å². The summed E-state index contributed by atoms with van der Waals surface area (Å²) < 4.78 is 5.49. The van der Waals surface area contributed by atoms with Crippen molar-refractivity contribution < 1.29 is 9.53 Å². The van der Waals surface area contributed by atoms with Gasteiger partial charge in [0.15, 0.2) is 0 Å². The van der Waals surface area contributed by atoms with E-state index < -0.39 is 0 Å². The van der Waals surface area contributed by atoms with Gasteiger partial charge < -0.3 is 15.0 Å². The number of amides is 1. The van der Waals surface area contributed by atoms with Crippen LogP contribution in [0.3, 0.4) is 0 Å². The van der Waals surface area contributed by atoms with Crippen LogP contribution in [0, 0.1) is 0 Å². The minimum Gasteiger partial charge on any atom is -0.368 e. The van der Waals surface area contributed by atoms with Crippen molar-refractivity contribution in [2.75, 3.05) is 6.61 Å². The highest BCUT2D eigenvalue weighted by Gasteiger charge is 2.29. The third-order valence-electron chi connectivity index (χ3n) is 5.36. The van der Waals surface area contributed by atoms with Crippen molar-refractivity contribution in [3.05, 3.63) is 35.0 Å². The number of hydrogen-bond acceptors (Lipinski definition) is 2. The third-order valence-corrected chi connectivity index (χ3v) is 5.59. The molecule has 2 fully saturated rings. The number of H-pyrrole nitrogens is 1. The molecule has 1 aliphatic carbocycles. The van der Waals surface area contributed by atoms with E-state index in [1.54, 1.807) is 0 Å². The van der Waals surface area contributed by atoms with E-state index in [0.29, 0.717) is 12.5 Å². The van der Waals surface area contributed by atoms with Crippen LogP contribution in [-0.4, -0.2) is 29.6 Å². The number of carbonyl (C=O) groups is 1. The molecule has 1 aromatic carbocycles. The number of nitrogens with one attached hydrogen (secondary N) is 2. The molecular weight excluding hydrogens is 324 g/mol. The van der Waals surface area contributed by atoms with Crippen molar-refractivity contribution >= 4 is 28.4 Å². The lowest BCUT2D eigenvalue weighted by Gasteiger charge is -2.30. The Kier molecular flexibility index (Phi) is 4.51. The summed E-state index contributed by atoms with van der Waals surface area (Å²) in [6.45, 7) is 0.710. The normalized spacial score (nSPS) is 27.5. The number of fused-ring (bicyclic) bond motifs is 1. The Hall–Kier alpha value is -1.52. The van der Waals surface area contributed by atoms with Crippen LogP contribution in [0.15, 0.2) is 24.4 Å². The molecule has 1 aromatic heterocycles. The van der Waals surface area contributed by atoms with Gasteiger partial charge in [0.2, 0.25) is 5.91 Å². The molecule has 1 saturated carbocycles. The van der Waals surface area contributed by atoms with E-state index >= 15 is 0 Å². The van der Waals surface area contributed by atoms with Gasteiger partial charge in [-0.15, -0.1) is 0 Å². The molecule has 128 valence electrons. The average Bonchev–Trinajstić information content (AvgIpc) is 3.24. The van der Waals surface area contributed by atoms with Crippen LogP contribution in [0.4, 0.5) is 0 Å². The molecule has 1 amide bonds. The summed E-state index contributed by atoms with van der Waals surface area (Å²) in [5, 5.41) is 5.19. The van der Waals surface area contributed by atoms with E-state index in [1.807, 2.05) is 18.2 Å². The highest BCUT2D eigenvalue weighted by Crippen LogP contribution is 2.37.